The van der Waals surface area contributed by atoms with E-state index in [1.807, 2.05) is 42.5 Å². The van der Waals surface area contributed by atoms with Crippen LogP contribution in [-0.2, 0) is 17.8 Å². The molecule has 3 rings (SSSR count). The largest absolute Gasteiger partial charge is 0.387 e. The molecule has 0 saturated heterocycles. The SMILES string of the molecule is O=C(NCC(O)c1ccccc1)[C@@H]1Cc2ccccc2CN1. The van der Waals surface area contributed by atoms with E-state index >= 15 is 0 Å². The molecule has 0 radical (unpaired) electrons. The minimum Gasteiger partial charge on any atom is -0.387 e. The summed E-state index contributed by atoms with van der Waals surface area (Å²) in [6.07, 6.45) is 0.00436. The lowest BCUT2D eigenvalue weighted by Crippen LogP contribution is -2.48. The second-order valence-corrected chi connectivity index (χ2v) is 5.58. The molecule has 0 fully saturated rings. The normalized spacial score (nSPS) is 18.3. The molecule has 0 saturated carbocycles. The number of rotatable bonds is 4. The molecule has 114 valence electrons. The number of benzene rings is 2. The van der Waals surface area contributed by atoms with Crippen LogP contribution in [0.15, 0.2) is 54.6 Å². The average Bonchev–Trinajstić information content (AvgIpc) is 2.59. The first kappa shape index (κ1) is 14.8. The number of hydrogen-bond acceptors (Lipinski definition) is 3. The van der Waals surface area contributed by atoms with Gasteiger partial charge in [-0.1, -0.05) is 54.6 Å². The van der Waals surface area contributed by atoms with E-state index in [0.717, 1.165) is 5.56 Å². The Labute approximate surface area is 130 Å². The number of aliphatic hydroxyl groups excluding tert-OH is 1. The van der Waals surface area contributed by atoms with Crippen molar-refractivity contribution >= 4 is 5.91 Å². The first-order valence-corrected chi connectivity index (χ1v) is 7.55. The number of carbonyl (C=O) groups excluding carboxylic acids is 1. The van der Waals surface area contributed by atoms with Gasteiger partial charge in [-0.3, -0.25) is 4.79 Å². The highest BCUT2D eigenvalue weighted by molar-refractivity contribution is 5.82. The predicted octanol–water partition coefficient (Wildman–Crippen LogP) is 1.55. The van der Waals surface area contributed by atoms with Crippen molar-refractivity contribution in [1.82, 2.24) is 10.6 Å². The van der Waals surface area contributed by atoms with Gasteiger partial charge in [-0.15, -0.1) is 0 Å². The van der Waals surface area contributed by atoms with Gasteiger partial charge in [0.2, 0.25) is 5.91 Å². The average molecular weight is 296 g/mol. The van der Waals surface area contributed by atoms with Crippen molar-refractivity contribution in [2.45, 2.75) is 25.1 Å². The van der Waals surface area contributed by atoms with Crippen molar-refractivity contribution in [3.63, 3.8) is 0 Å². The van der Waals surface area contributed by atoms with E-state index in [-0.39, 0.29) is 18.5 Å². The van der Waals surface area contributed by atoms with Crippen molar-refractivity contribution < 1.29 is 9.90 Å². The van der Waals surface area contributed by atoms with E-state index in [0.29, 0.717) is 13.0 Å². The fourth-order valence-electron chi connectivity index (χ4n) is 2.75. The summed E-state index contributed by atoms with van der Waals surface area (Å²) in [6.45, 7) is 0.929. The second kappa shape index (κ2) is 6.73. The van der Waals surface area contributed by atoms with Crippen molar-refractivity contribution in [2.75, 3.05) is 6.54 Å². The Bertz CT molecular complexity index is 643. The van der Waals surface area contributed by atoms with Crippen molar-refractivity contribution in [3.05, 3.63) is 71.3 Å². The zero-order chi connectivity index (χ0) is 15.4. The van der Waals surface area contributed by atoms with Gasteiger partial charge in [0.15, 0.2) is 0 Å². The lowest BCUT2D eigenvalue weighted by molar-refractivity contribution is -0.123. The minimum atomic E-state index is -0.680. The highest BCUT2D eigenvalue weighted by atomic mass is 16.3. The van der Waals surface area contributed by atoms with Gasteiger partial charge < -0.3 is 15.7 Å². The first-order valence-electron chi connectivity index (χ1n) is 7.55. The summed E-state index contributed by atoms with van der Waals surface area (Å²) in [5, 5.41) is 16.2. The Balaban J connectivity index is 1.55. The fraction of sp³-hybridized carbons (Fsp3) is 0.278. The van der Waals surface area contributed by atoms with Gasteiger partial charge in [-0.25, -0.2) is 0 Å². The van der Waals surface area contributed by atoms with E-state index < -0.39 is 6.10 Å². The third-order valence-corrected chi connectivity index (χ3v) is 4.05. The quantitative estimate of drug-likeness (QED) is 0.802. The number of hydrogen-bond donors (Lipinski definition) is 3. The minimum absolute atomic E-state index is 0.0653. The Morgan fingerprint density at radius 3 is 2.59 bits per heavy atom. The Hall–Kier alpha value is -2.17. The lowest BCUT2D eigenvalue weighted by Gasteiger charge is -2.25. The third kappa shape index (κ3) is 3.35. The van der Waals surface area contributed by atoms with Gasteiger partial charge in [-0.05, 0) is 23.1 Å². The molecule has 0 aromatic heterocycles. The maximum Gasteiger partial charge on any atom is 0.237 e. The van der Waals surface area contributed by atoms with Crippen LogP contribution >= 0.6 is 0 Å². The van der Waals surface area contributed by atoms with Crippen LogP contribution in [0.25, 0.3) is 0 Å². The summed E-state index contributed by atoms with van der Waals surface area (Å²) in [5.41, 5.74) is 3.27. The number of aliphatic hydroxyl groups is 1. The molecule has 3 N–H and O–H groups in total. The summed E-state index contributed by atoms with van der Waals surface area (Å²) >= 11 is 0. The van der Waals surface area contributed by atoms with Gasteiger partial charge in [0.1, 0.15) is 0 Å². The molecule has 4 nitrogen and oxygen atoms in total. The van der Waals surface area contributed by atoms with Crippen LogP contribution in [0, 0.1) is 0 Å². The molecule has 22 heavy (non-hydrogen) atoms. The van der Waals surface area contributed by atoms with E-state index in [2.05, 4.69) is 22.8 Å². The van der Waals surface area contributed by atoms with Crippen LogP contribution in [-0.4, -0.2) is 23.6 Å². The predicted molar refractivity (Wildman–Crippen MR) is 85.2 cm³/mol. The summed E-state index contributed by atoms with van der Waals surface area (Å²) in [7, 11) is 0. The van der Waals surface area contributed by atoms with Gasteiger partial charge in [0.05, 0.1) is 12.1 Å². The maximum absolute atomic E-state index is 12.3. The summed E-state index contributed by atoms with van der Waals surface area (Å²) < 4.78 is 0. The molecule has 1 aliphatic rings. The van der Waals surface area contributed by atoms with Crippen LogP contribution in [0.2, 0.25) is 0 Å². The number of carbonyl (C=O) groups is 1. The molecule has 4 heteroatoms. The van der Waals surface area contributed by atoms with Crippen LogP contribution < -0.4 is 10.6 Å². The molecule has 2 atom stereocenters. The molecule has 1 aliphatic heterocycles. The summed E-state index contributed by atoms with van der Waals surface area (Å²) in [4.78, 5) is 12.3. The highest BCUT2D eigenvalue weighted by Crippen LogP contribution is 2.16. The molecule has 1 heterocycles. The van der Waals surface area contributed by atoms with Gasteiger partial charge in [0.25, 0.3) is 0 Å². The molecule has 1 amide bonds. The maximum atomic E-state index is 12.3. The molecular weight excluding hydrogens is 276 g/mol. The highest BCUT2D eigenvalue weighted by Gasteiger charge is 2.24. The zero-order valence-electron chi connectivity index (χ0n) is 12.3. The summed E-state index contributed by atoms with van der Waals surface area (Å²) in [5.74, 6) is -0.0653. The van der Waals surface area contributed by atoms with Crippen LogP contribution in [0.3, 0.4) is 0 Å². The first-order chi connectivity index (χ1) is 10.7. The topological polar surface area (TPSA) is 61.4 Å². The van der Waals surface area contributed by atoms with Crippen LogP contribution in [0.5, 0.6) is 0 Å². The zero-order valence-corrected chi connectivity index (χ0v) is 12.3. The third-order valence-electron chi connectivity index (χ3n) is 4.05. The molecule has 2 aromatic carbocycles. The van der Waals surface area contributed by atoms with E-state index in [4.69, 9.17) is 0 Å². The number of amides is 1. The summed E-state index contributed by atoms with van der Waals surface area (Å²) in [6, 6.07) is 17.3. The van der Waals surface area contributed by atoms with Gasteiger partial charge in [0, 0.05) is 13.1 Å². The number of nitrogens with one attached hydrogen (secondary N) is 2. The van der Waals surface area contributed by atoms with Gasteiger partial charge >= 0.3 is 0 Å². The van der Waals surface area contributed by atoms with E-state index in [9.17, 15) is 9.90 Å². The standard InChI is InChI=1S/C18H20N2O2/c21-17(13-6-2-1-3-7-13)12-20-18(22)16-10-14-8-4-5-9-15(14)11-19-16/h1-9,16-17,19,21H,10-12H2,(H,20,22)/t16-,17?/m0/s1. The van der Waals surface area contributed by atoms with Crippen LogP contribution in [0.4, 0.5) is 0 Å². The van der Waals surface area contributed by atoms with Crippen LogP contribution in [0.1, 0.15) is 22.8 Å². The molecule has 2 aromatic rings. The molecule has 0 aliphatic carbocycles. The second-order valence-electron chi connectivity index (χ2n) is 5.58. The van der Waals surface area contributed by atoms with E-state index in [1.165, 1.54) is 11.1 Å². The van der Waals surface area contributed by atoms with Crippen molar-refractivity contribution in [1.29, 1.82) is 0 Å². The molecule has 0 bridgehead atoms. The molecular formula is C18H20N2O2. The lowest BCUT2D eigenvalue weighted by atomic mass is 9.95. The monoisotopic (exact) mass is 296 g/mol. The van der Waals surface area contributed by atoms with Crippen molar-refractivity contribution in [2.24, 2.45) is 0 Å². The Morgan fingerprint density at radius 2 is 1.82 bits per heavy atom. The molecule has 1 unspecified atom stereocenters. The van der Waals surface area contributed by atoms with Gasteiger partial charge in [-0.2, -0.15) is 0 Å². The fourth-order valence-corrected chi connectivity index (χ4v) is 2.75. The number of fused-ring (bicyclic) bond motifs is 1. The smallest absolute Gasteiger partial charge is 0.237 e. The van der Waals surface area contributed by atoms with Crippen molar-refractivity contribution in [3.8, 4) is 0 Å². The Kier molecular flexibility index (Phi) is 4.51. The Morgan fingerprint density at radius 1 is 1.14 bits per heavy atom. The van der Waals surface area contributed by atoms with E-state index in [1.54, 1.807) is 0 Å². The molecule has 0 spiro atoms.